The van der Waals surface area contributed by atoms with E-state index >= 15 is 0 Å². The van der Waals surface area contributed by atoms with Gasteiger partial charge in [0.25, 0.3) is 5.91 Å². The standard InChI is InChI=1S/C12H11N3O4/c1-7(10(16)15-12(14)18)19-11(17)9-4-2-8(6-13)3-5-9/h2-5,7H,1H3,(H3,14,15,16,18). The van der Waals surface area contributed by atoms with Crippen LogP contribution in [0.1, 0.15) is 22.8 Å². The summed E-state index contributed by atoms with van der Waals surface area (Å²) in [7, 11) is 0. The number of ether oxygens (including phenoxy) is 1. The maximum absolute atomic E-state index is 11.6. The van der Waals surface area contributed by atoms with Gasteiger partial charge in [-0.25, -0.2) is 9.59 Å². The third-order valence-electron chi connectivity index (χ3n) is 2.15. The SMILES string of the molecule is CC(OC(=O)c1ccc(C#N)cc1)C(=O)NC(N)=O. The van der Waals surface area contributed by atoms with Gasteiger partial charge in [-0.3, -0.25) is 10.1 Å². The lowest BCUT2D eigenvalue weighted by Crippen LogP contribution is -2.42. The molecule has 0 aliphatic carbocycles. The number of hydrogen-bond acceptors (Lipinski definition) is 5. The van der Waals surface area contributed by atoms with Crippen LogP contribution in [0, 0.1) is 11.3 Å². The first-order chi connectivity index (χ1) is 8.93. The van der Waals surface area contributed by atoms with E-state index in [1.165, 1.54) is 31.2 Å². The van der Waals surface area contributed by atoms with Crippen molar-refractivity contribution in [1.29, 1.82) is 5.26 Å². The number of urea groups is 1. The molecule has 3 amide bonds. The van der Waals surface area contributed by atoms with Crippen LogP contribution in [-0.2, 0) is 9.53 Å². The molecule has 0 saturated heterocycles. The Bertz CT molecular complexity index is 545. The second-order valence-electron chi connectivity index (χ2n) is 3.59. The number of benzene rings is 1. The van der Waals surface area contributed by atoms with Gasteiger partial charge < -0.3 is 10.5 Å². The minimum absolute atomic E-state index is 0.192. The summed E-state index contributed by atoms with van der Waals surface area (Å²) in [6, 6.07) is 6.59. The monoisotopic (exact) mass is 261 g/mol. The number of esters is 1. The summed E-state index contributed by atoms with van der Waals surface area (Å²) in [5, 5.41) is 10.4. The number of nitrogens with two attached hydrogens (primary N) is 1. The molecule has 98 valence electrons. The molecule has 0 spiro atoms. The smallest absolute Gasteiger partial charge is 0.338 e. The zero-order chi connectivity index (χ0) is 14.4. The fourth-order valence-electron chi connectivity index (χ4n) is 1.19. The molecule has 19 heavy (non-hydrogen) atoms. The van der Waals surface area contributed by atoms with E-state index in [0.29, 0.717) is 5.56 Å². The van der Waals surface area contributed by atoms with Crippen molar-refractivity contribution in [2.75, 3.05) is 0 Å². The van der Waals surface area contributed by atoms with Crippen molar-refractivity contribution in [3.8, 4) is 6.07 Å². The van der Waals surface area contributed by atoms with E-state index in [1.807, 2.05) is 6.07 Å². The van der Waals surface area contributed by atoms with Gasteiger partial charge in [0.2, 0.25) is 0 Å². The Hall–Kier alpha value is -2.88. The van der Waals surface area contributed by atoms with Gasteiger partial charge in [0.05, 0.1) is 17.2 Å². The highest BCUT2D eigenvalue weighted by Crippen LogP contribution is 2.06. The molecule has 0 radical (unpaired) electrons. The van der Waals surface area contributed by atoms with Crippen LogP contribution in [0.4, 0.5) is 4.79 Å². The highest BCUT2D eigenvalue weighted by atomic mass is 16.5. The zero-order valence-corrected chi connectivity index (χ0v) is 10.0. The molecule has 0 aromatic heterocycles. The number of nitrogens with zero attached hydrogens (tertiary/aromatic N) is 1. The molecular formula is C12H11N3O4. The number of carbonyl (C=O) groups excluding carboxylic acids is 3. The Morgan fingerprint density at radius 1 is 1.32 bits per heavy atom. The van der Waals surface area contributed by atoms with Crippen LogP contribution < -0.4 is 11.1 Å². The number of amides is 3. The maximum Gasteiger partial charge on any atom is 0.338 e. The van der Waals surface area contributed by atoms with Crippen LogP contribution in [0.25, 0.3) is 0 Å². The number of hydrogen-bond donors (Lipinski definition) is 2. The maximum atomic E-state index is 11.6. The van der Waals surface area contributed by atoms with E-state index in [1.54, 1.807) is 5.32 Å². The van der Waals surface area contributed by atoms with Crippen LogP contribution in [0.3, 0.4) is 0 Å². The minimum atomic E-state index is -1.16. The molecule has 7 heteroatoms. The lowest BCUT2D eigenvalue weighted by molar-refractivity contribution is -0.127. The number of carbonyl (C=O) groups is 3. The van der Waals surface area contributed by atoms with Crippen molar-refractivity contribution in [3.05, 3.63) is 35.4 Å². The molecule has 0 fully saturated rings. The summed E-state index contributed by atoms with van der Waals surface area (Å²) in [4.78, 5) is 33.4. The molecule has 0 aliphatic rings. The van der Waals surface area contributed by atoms with Gasteiger partial charge in [-0.1, -0.05) is 0 Å². The summed E-state index contributed by atoms with van der Waals surface area (Å²) in [5.41, 5.74) is 5.35. The normalized spacial score (nSPS) is 10.9. The van der Waals surface area contributed by atoms with Crippen LogP contribution in [0.5, 0.6) is 0 Å². The topological polar surface area (TPSA) is 122 Å². The Kier molecular flexibility index (Phi) is 4.60. The predicted octanol–water partition coefficient (Wildman–Crippen LogP) is 0.298. The van der Waals surface area contributed by atoms with Gasteiger partial charge in [-0.15, -0.1) is 0 Å². The zero-order valence-electron chi connectivity index (χ0n) is 10.0. The molecular weight excluding hydrogens is 250 g/mol. The molecule has 0 bridgehead atoms. The largest absolute Gasteiger partial charge is 0.449 e. The lowest BCUT2D eigenvalue weighted by Gasteiger charge is -2.11. The third kappa shape index (κ3) is 4.12. The minimum Gasteiger partial charge on any atom is -0.449 e. The van der Waals surface area contributed by atoms with Crippen LogP contribution >= 0.6 is 0 Å². The van der Waals surface area contributed by atoms with E-state index in [9.17, 15) is 14.4 Å². The lowest BCUT2D eigenvalue weighted by atomic mass is 10.1. The van der Waals surface area contributed by atoms with E-state index < -0.39 is 24.0 Å². The van der Waals surface area contributed by atoms with Crippen molar-refractivity contribution in [2.45, 2.75) is 13.0 Å². The second kappa shape index (κ2) is 6.16. The molecule has 1 atom stereocenters. The molecule has 7 nitrogen and oxygen atoms in total. The summed E-state index contributed by atoms with van der Waals surface area (Å²) in [6.07, 6.45) is -1.16. The second-order valence-corrected chi connectivity index (χ2v) is 3.59. The number of imide groups is 1. The molecule has 1 rings (SSSR count). The summed E-state index contributed by atoms with van der Waals surface area (Å²) in [6.45, 7) is 1.31. The van der Waals surface area contributed by atoms with Gasteiger partial charge >= 0.3 is 12.0 Å². The summed E-state index contributed by atoms with van der Waals surface area (Å²) >= 11 is 0. The Morgan fingerprint density at radius 3 is 2.37 bits per heavy atom. The molecule has 1 aromatic rings. The first kappa shape index (κ1) is 14.2. The van der Waals surface area contributed by atoms with Gasteiger partial charge in [-0.05, 0) is 31.2 Å². The Labute approximate surface area is 109 Å². The van der Waals surface area contributed by atoms with E-state index in [-0.39, 0.29) is 5.56 Å². The van der Waals surface area contributed by atoms with Gasteiger partial charge in [0.1, 0.15) is 0 Å². The molecule has 3 N–H and O–H groups in total. The molecule has 1 unspecified atom stereocenters. The third-order valence-corrected chi connectivity index (χ3v) is 2.15. The van der Waals surface area contributed by atoms with Crippen molar-refractivity contribution < 1.29 is 19.1 Å². The van der Waals surface area contributed by atoms with E-state index in [2.05, 4.69) is 0 Å². The van der Waals surface area contributed by atoms with E-state index in [0.717, 1.165) is 0 Å². The van der Waals surface area contributed by atoms with Crippen molar-refractivity contribution in [3.63, 3.8) is 0 Å². The molecule has 0 saturated carbocycles. The van der Waals surface area contributed by atoms with Gasteiger partial charge in [0, 0.05) is 0 Å². The number of primary amides is 1. The highest BCUT2D eigenvalue weighted by molar-refractivity contribution is 5.98. The van der Waals surface area contributed by atoms with Gasteiger partial charge in [-0.2, -0.15) is 5.26 Å². The number of nitrogens with one attached hydrogen (secondary N) is 1. The Morgan fingerprint density at radius 2 is 1.89 bits per heavy atom. The fraction of sp³-hybridized carbons (Fsp3) is 0.167. The van der Waals surface area contributed by atoms with Crippen molar-refractivity contribution in [2.24, 2.45) is 5.73 Å². The average molecular weight is 261 g/mol. The van der Waals surface area contributed by atoms with Crippen LogP contribution in [0.2, 0.25) is 0 Å². The van der Waals surface area contributed by atoms with E-state index in [4.69, 9.17) is 15.7 Å². The van der Waals surface area contributed by atoms with Crippen LogP contribution in [0.15, 0.2) is 24.3 Å². The van der Waals surface area contributed by atoms with Crippen LogP contribution in [-0.4, -0.2) is 24.0 Å². The van der Waals surface area contributed by atoms with Crippen molar-refractivity contribution in [1.82, 2.24) is 5.32 Å². The molecule has 0 aliphatic heterocycles. The number of rotatable bonds is 3. The van der Waals surface area contributed by atoms with Crippen molar-refractivity contribution >= 4 is 17.9 Å². The molecule has 1 aromatic carbocycles. The predicted molar refractivity (Wildman–Crippen MR) is 63.8 cm³/mol. The average Bonchev–Trinajstić information content (AvgIpc) is 2.37. The first-order valence-electron chi connectivity index (χ1n) is 5.25. The fourth-order valence-corrected chi connectivity index (χ4v) is 1.19. The first-order valence-corrected chi connectivity index (χ1v) is 5.25. The summed E-state index contributed by atoms with van der Waals surface area (Å²) < 4.78 is 4.83. The quantitative estimate of drug-likeness (QED) is 0.757. The Balaban J connectivity index is 2.66. The van der Waals surface area contributed by atoms with Gasteiger partial charge in [0.15, 0.2) is 6.10 Å². The molecule has 0 heterocycles. The highest BCUT2D eigenvalue weighted by Gasteiger charge is 2.19. The number of nitriles is 1. The summed E-state index contributed by atoms with van der Waals surface area (Å²) in [5.74, 6) is -1.55.